The zero-order valence-corrected chi connectivity index (χ0v) is 15.6. The molecule has 0 radical (unpaired) electrons. The second-order valence-corrected chi connectivity index (χ2v) is 7.35. The molecule has 0 aromatic heterocycles. The van der Waals surface area contributed by atoms with Gasteiger partial charge in [-0.05, 0) is 47.1 Å². The van der Waals surface area contributed by atoms with Gasteiger partial charge in [-0.15, -0.1) is 0 Å². The van der Waals surface area contributed by atoms with Gasteiger partial charge in [-0.3, -0.25) is 0 Å². The molecule has 6 nitrogen and oxygen atoms in total. The van der Waals surface area contributed by atoms with Crippen LogP contribution >= 0.6 is 0 Å². The molecule has 0 aliphatic carbocycles. The van der Waals surface area contributed by atoms with E-state index in [2.05, 4.69) is 17.3 Å². The summed E-state index contributed by atoms with van der Waals surface area (Å²) in [5.74, 6) is 0. The molecule has 136 valence electrons. The van der Waals surface area contributed by atoms with E-state index in [-0.39, 0.29) is 6.09 Å². The SMILES string of the molecule is COCCN(C)CCNC1CCCN(C(=O)OC(C)(C)C)CC1. The van der Waals surface area contributed by atoms with E-state index >= 15 is 0 Å². The largest absolute Gasteiger partial charge is 0.444 e. The van der Waals surface area contributed by atoms with Crippen molar-refractivity contribution in [2.45, 2.75) is 51.7 Å². The van der Waals surface area contributed by atoms with Crippen LogP contribution in [-0.4, -0.2) is 81.0 Å². The van der Waals surface area contributed by atoms with Crippen molar-refractivity contribution in [1.82, 2.24) is 15.1 Å². The molecule has 0 aromatic rings. The number of rotatable bonds is 7. The maximum Gasteiger partial charge on any atom is 0.410 e. The van der Waals surface area contributed by atoms with Crippen LogP contribution in [0.1, 0.15) is 40.0 Å². The van der Waals surface area contributed by atoms with E-state index in [0.29, 0.717) is 6.04 Å². The number of carbonyl (C=O) groups excluding carboxylic acids is 1. The monoisotopic (exact) mass is 329 g/mol. The van der Waals surface area contributed by atoms with Crippen molar-refractivity contribution < 1.29 is 14.3 Å². The molecule has 0 bridgehead atoms. The van der Waals surface area contributed by atoms with Gasteiger partial charge in [0.2, 0.25) is 0 Å². The minimum Gasteiger partial charge on any atom is -0.444 e. The topological polar surface area (TPSA) is 54.0 Å². The Hall–Kier alpha value is -0.850. The molecule has 1 heterocycles. The minimum atomic E-state index is -0.423. The molecule has 0 aromatic carbocycles. The van der Waals surface area contributed by atoms with Crippen LogP contribution in [0.2, 0.25) is 0 Å². The zero-order valence-electron chi connectivity index (χ0n) is 15.6. The van der Waals surface area contributed by atoms with E-state index in [9.17, 15) is 4.79 Å². The molecule has 1 aliphatic rings. The lowest BCUT2D eigenvalue weighted by atomic mass is 10.1. The highest BCUT2D eigenvalue weighted by molar-refractivity contribution is 5.68. The van der Waals surface area contributed by atoms with Crippen molar-refractivity contribution in [2.24, 2.45) is 0 Å². The van der Waals surface area contributed by atoms with Crippen LogP contribution < -0.4 is 5.32 Å². The van der Waals surface area contributed by atoms with E-state index in [1.54, 1.807) is 7.11 Å². The molecule has 0 spiro atoms. The maximum absolute atomic E-state index is 12.1. The number of hydrogen-bond acceptors (Lipinski definition) is 5. The molecular weight excluding hydrogens is 294 g/mol. The fraction of sp³-hybridized carbons (Fsp3) is 0.941. The molecule has 23 heavy (non-hydrogen) atoms. The summed E-state index contributed by atoms with van der Waals surface area (Å²) in [5, 5.41) is 3.62. The first-order valence-corrected chi connectivity index (χ1v) is 8.70. The number of likely N-dealkylation sites (N-methyl/N-ethyl adjacent to an activating group) is 1. The van der Waals surface area contributed by atoms with Gasteiger partial charge in [-0.25, -0.2) is 4.79 Å². The smallest absolute Gasteiger partial charge is 0.410 e. The second-order valence-electron chi connectivity index (χ2n) is 7.35. The third-order valence-corrected chi connectivity index (χ3v) is 3.98. The summed E-state index contributed by atoms with van der Waals surface area (Å²) in [5.41, 5.74) is -0.423. The van der Waals surface area contributed by atoms with E-state index in [0.717, 1.165) is 58.6 Å². The lowest BCUT2D eigenvalue weighted by Crippen LogP contribution is -2.39. The molecule has 1 N–H and O–H groups in total. The number of methoxy groups -OCH3 is 1. The predicted octanol–water partition coefficient (Wildman–Crippen LogP) is 1.94. The molecule has 1 fully saturated rings. The summed E-state index contributed by atoms with van der Waals surface area (Å²) < 4.78 is 10.5. The first-order valence-electron chi connectivity index (χ1n) is 8.70. The number of hydrogen-bond donors (Lipinski definition) is 1. The normalized spacial score (nSPS) is 19.7. The van der Waals surface area contributed by atoms with Crippen molar-refractivity contribution in [2.75, 3.05) is 53.5 Å². The van der Waals surface area contributed by atoms with Gasteiger partial charge in [0.15, 0.2) is 0 Å². The van der Waals surface area contributed by atoms with Crippen molar-refractivity contribution in [3.63, 3.8) is 0 Å². The summed E-state index contributed by atoms with van der Waals surface area (Å²) in [7, 11) is 3.84. The fourth-order valence-electron chi connectivity index (χ4n) is 2.63. The van der Waals surface area contributed by atoms with Gasteiger partial charge in [0.25, 0.3) is 0 Å². The van der Waals surface area contributed by atoms with Gasteiger partial charge in [-0.2, -0.15) is 0 Å². The lowest BCUT2D eigenvalue weighted by Gasteiger charge is -2.26. The second kappa shape index (κ2) is 10.1. The van der Waals surface area contributed by atoms with Crippen molar-refractivity contribution in [3.05, 3.63) is 0 Å². The standard InChI is InChI=1S/C17H35N3O3/c1-17(2,3)23-16(21)20-10-6-7-15(8-11-20)18-9-12-19(4)13-14-22-5/h15,18H,6-14H2,1-5H3. The van der Waals surface area contributed by atoms with Crippen molar-refractivity contribution in [1.29, 1.82) is 0 Å². The third kappa shape index (κ3) is 9.13. The van der Waals surface area contributed by atoms with Crippen LogP contribution in [0.15, 0.2) is 0 Å². The Morgan fingerprint density at radius 2 is 2.00 bits per heavy atom. The van der Waals surface area contributed by atoms with Gasteiger partial charge in [0, 0.05) is 45.9 Å². The average molecular weight is 329 g/mol. The van der Waals surface area contributed by atoms with Crippen molar-refractivity contribution >= 4 is 6.09 Å². The highest BCUT2D eigenvalue weighted by Crippen LogP contribution is 2.15. The van der Waals surface area contributed by atoms with Gasteiger partial charge in [0.1, 0.15) is 5.60 Å². The average Bonchev–Trinajstić information content (AvgIpc) is 2.69. The molecular formula is C17H35N3O3. The Labute approximate surface area is 141 Å². The molecule has 1 atom stereocenters. The fourth-order valence-corrected chi connectivity index (χ4v) is 2.63. The number of amides is 1. The Kier molecular flexibility index (Phi) is 8.87. The quantitative estimate of drug-likeness (QED) is 0.774. The van der Waals surface area contributed by atoms with Crippen LogP contribution in [0.25, 0.3) is 0 Å². The van der Waals surface area contributed by atoms with E-state index in [1.165, 1.54) is 0 Å². The van der Waals surface area contributed by atoms with Crippen LogP contribution in [0, 0.1) is 0 Å². The maximum atomic E-state index is 12.1. The van der Waals surface area contributed by atoms with Gasteiger partial charge in [-0.1, -0.05) is 0 Å². The number of nitrogens with one attached hydrogen (secondary N) is 1. The number of likely N-dealkylation sites (tertiary alicyclic amines) is 1. The Morgan fingerprint density at radius 3 is 2.65 bits per heavy atom. The highest BCUT2D eigenvalue weighted by Gasteiger charge is 2.24. The summed E-state index contributed by atoms with van der Waals surface area (Å²) in [4.78, 5) is 16.3. The van der Waals surface area contributed by atoms with E-state index < -0.39 is 5.60 Å². The Bertz CT molecular complexity index is 344. The molecule has 1 rings (SSSR count). The summed E-state index contributed by atoms with van der Waals surface area (Å²) >= 11 is 0. The third-order valence-electron chi connectivity index (χ3n) is 3.98. The minimum absolute atomic E-state index is 0.183. The predicted molar refractivity (Wildman–Crippen MR) is 92.8 cm³/mol. The Balaban J connectivity index is 2.26. The first-order chi connectivity index (χ1) is 10.8. The number of ether oxygens (including phenoxy) is 2. The Morgan fingerprint density at radius 1 is 1.26 bits per heavy atom. The summed E-state index contributed by atoms with van der Waals surface area (Å²) in [6.45, 7) is 11.0. The summed E-state index contributed by atoms with van der Waals surface area (Å²) in [6, 6.07) is 0.485. The number of carbonyl (C=O) groups is 1. The first kappa shape index (κ1) is 20.2. The van der Waals surface area contributed by atoms with Crippen molar-refractivity contribution in [3.8, 4) is 0 Å². The van der Waals surface area contributed by atoms with Gasteiger partial charge >= 0.3 is 6.09 Å². The molecule has 1 unspecified atom stereocenters. The molecule has 6 heteroatoms. The van der Waals surface area contributed by atoms with E-state index in [4.69, 9.17) is 9.47 Å². The molecule has 1 saturated heterocycles. The van der Waals surface area contributed by atoms with Crippen LogP contribution in [-0.2, 0) is 9.47 Å². The lowest BCUT2D eigenvalue weighted by molar-refractivity contribution is 0.0256. The summed E-state index contributed by atoms with van der Waals surface area (Å²) in [6.07, 6.45) is 2.94. The van der Waals surface area contributed by atoms with Gasteiger partial charge in [0.05, 0.1) is 6.61 Å². The van der Waals surface area contributed by atoms with Gasteiger partial charge < -0.3 is 24.6 Å². The van der Waals surface area contributed by atoms with E-state index in [1.807, 2.05) is 25.7 Å². The van der Waals surface area contributed by atoms with Crippen LogP contribution in [0.5, 0.6) is 0 Å². The molecule has 1 aliphatic heterocycles. The highest BCUT2D eigenvalue weighted by atomic mass is 16.6. The molecule has 0 saturated carbocycles. The molecule has 1 amide bonds. The number of nitrogens with zero attached hydrogens (tertiary/aromatic N) is 2. The zero-order chi connectivity index (χ0) is 17.3. The van der Waals surface area contributed by atoms with Crippen LogP contribution in [0.3, 0.4) is 0 Å². The van der Waals surface area contributed by atoms with Crippen LogP contribution in [0.4, 0.5) is 4.79 Å².